The van der Waals surface area contributed by atoms with Gasteiger partial charge in [0.15, 0.2) is 14.2 Å². The maximum Gasteiger partial charge on any atom is 0.210 e. The van der Waals surface area contributed by atoms with Crippen LogP contribution < -0.4 is 5.32 Å². The molecule has 0 bridgehead atoms. The van der Waals surface area contributed by atoms with Gasteiger partial charge in [-0.3, -0.25) is 0 Å². The van der Waals surface area contributed by atoms with Gasteiger partial charge in [0.05, 0.1) is 22.9 Å². The first-order chi connectivity index (χ1) is 10.4. The van der Waals surface area contributed by atoms with Crippen molar-refractivity contribution in [2.75, 3.05) is 16.8 Å². The molecule has 2 heterocycles. The molecule has 1 saturated heterocycles. The zero-order chi connectivity index (χ0) is 15.7. The fourth-order valence-electron chi connectivity index (χ4n) is 2.18. The molecule has 0 aliphatic carbocycles. The maximum atomic E-state index is 11.5. The van der Waals surface area contributed by atoms with Crippen LogP contribution in [-0.4, -0.2) is 46.6 Å². The molecule has 2 aromatic rings. The predicted octanol–water partition coefficient (Wildman–Crippen LogP) is 1.84. The van der Waals surface area contributed by atoms with E-state index in [-0.39, 0.29) is 16.8 Å². The molecule has 1 fully saturated rings. The van der Waals surface area contributed by atoms with E-state index >= 15 is 0 Å². The molecule has 2 atom stereocenters. The van der Waals surface area contributed by atoms with Gasteiger partial charge < -0.3 is 10.4 Å². The molecule has 6 nitrogen and oxygen atoms in total. The van der Waals surface area contributed by atoms with Gasteiger partial charge in [0.1, 0.15) is 0 Å². The minimum atomic E-state index is -3.14. The Labute approximate surface area is 136 Å². The number of aliphatic hydroxyl groups is 1. The minimum absolute atomic E-state index is 0.0149. The Hall–Kier alpha value is -1.16. The van der Waals surface area contributed by atoms with E-state index in [1.54, 1.807) is 0 Å². The molecule has 0 radical (unpaired) electrons. The molecule has 1 aliphatic heterocycles. The second-order valence-corrected chi connectivity index (χ2v) is 9.73. The quantitative estimate of drug-likeness (QED) is 0.862. The van der Waals surface area contributed by atoms with E-state index in [0.29, 0.717) is 9.47 Å². The lowest BCUT2D eigenvalue weighted by molar-refractivity contribution is 0.207. The lowest BCUT2D eigenvalue weighted by Gasteiger charge is -2.08. The fourth-order valence-corrected chi connectivity index (χ4v) is 6.69. The van der Waals surface area contributed by atoms with E-state index in [1.807, 2.05) is 31.2 Å². The van der Waals surface area contributed by atoms with Crippen LogP contribution in [0.4, 0.5) is 10.8 Å². The van der Waals surface area contributed by atoms with Crippen LogP contribution in [0.3, 0.4) is 0 Å². The molecular formula is C13H15N3O3S3. The maximum absolute atomic E-state index is 11.5. The zero-order valence-corrected chi connectivity index (χ0v) is 14.2. The summed E-state index contributed by atoms with van der Waals surface area (Å²) in [4.78, 5) is 0. The van der Waals surface area contributed by atoms with Crippen LogP contribution in [0.25, 0.3) is 0 Å². The highest BCUT2D eigenvalue weighted by Gasteiger charge is 2.37. The van der Waals surface area contributed by atoms with Crippen molar-refractivity contribution in [3.63, 3.8) is 0 Å². The first kappa shape index (κ1) is 15.7. The molecule has 22 heavy (non-hydrogen) atoms. The fraction of sp³-hybridized carbons (Fsp3) is 0.385. The summed E-state index contributed by atoms with van der Waals surface area (Å²) >= 11 is 2.62. The van der Waals surface area contributed by atoms with Gasteiger partial charge in [-0.15, -0.1) is 10.2 Å². The highest BCUT2D eigenvalue weighted by Crippen LogP contribution is 2.35. The van der Waals surface area contributed by atoms with E-state index in [1.165, 1.54) is 23.1 Å². The SMILES string of the molecule is Cc1ccccc1Nc1nnc(S[C@H]2CS(=O)(=O)C[C@H]2O)s1. The Kier molecular flexibility index (Phi) is 4.40. The number of nitrogens with one attached hydrogen (secondary N) is 1. The third kappa shape index (κ3) is 3.60. The van der Waals surface area contributed by atoms with Crippen LogP contribution in [-0.2, 0) is 9.84 Å². The summed E-state index contributed by atoms with van der Waals surface area (Å²) in [5.41, 5.74) is 2.06. The van der Waals surface area contributed by atoms with Crippen molar-refractivity contribution >= 4 is 43.8 Å². The van der Waals surface area contributed by atoms with Crippen molar-refractivity contribution in [2.24, 2.45) is 0 Å². The average Bonchev–Trinajstić information content (AvgIpc) is 2.97. The summed E-state index contributed by atoms with van der Waals surface area (Å²) in [6.07, 6.45) is -0.841. The van der Waals surface area contributed by atoms with Crippen molar-refractivity contribution in [2.45, 2.75) is 22.6 Å². The summed E-state index contributed by atoms with van der Waals surface area (Å²) < 4.78 is 23.7. The lowest BCUT2D eigenvalue weighted by atomic mass is 10.2. The topological polar surface area (TPSA) is 92.2 Å². The predicted molar refractivity (Wildman–Crippen MR) is 88.7 cm³/mol. The number of nitrogens with zero attached hydrogens (tertiary/aromatic N) is 2. The third-order valence-corrected chi connectivity index (χ3v) is 7.48. The second-order valence-electron chi connectivity index (χ2n) is 5.11. The minimum Gasteiger partial charge on any atom is -0.391 e. The molecule has 0 amide bonds. The molecular weight excluding hydrogens is 342 g/mol. The van der Waals surface area contributed by atoms with Gasteiger partial charge in [-0.05, 0) is 18.6 Å². The summed E-state index contributed by atoms with van der Waals surface area (Å²) in [7, 11) is -3.14. The normalized spacial score (nSPS) is 23.5. The number of thioether (sulfide) groups is 1. The summed E-state index contributed by atoms with van der Waals surface area (Å²) in [6.45, 7) is 2.00. The number of benzene rings is 1. The first-order valence-corrected chi connectivity index (χ1v) is 10.2. The summed E-state index contributed by atoms with van der Waals surface area (Å²) in [5.74, 6) is -0.184. The smallest absolute Gasteiger partial charge is 0.210 e. The van der Waals surface area contributed by atoms with Crippen LogP contribution in [0.15, 0.2) is 28.6 Å². The second kappa shape index (κ2) is 6.15. The molecule has 3 rings (SSSR count). The van der Waals surface area contributed by atoms with Crippen molar-refractivity contribution < 1.29 is 13.5 Å². The molecule has 1 aliphatic rings. The standard InChI is InChI=1S/C13H15N3O3S3/c1-8-4-2-3-5-9(8)14-12-15-16-13(21-12)20-11-7-22(18,19)6-10(11)17/h2-5,10-11,17H,6-7H2,1H3,(H,14,15)/t10-,11+/m1/s1. The van der Waals surface area contributed by atoms with E-state index < -0.39 is 15.9 Å². The molecule has 1 aromatic heterocycles. The molecule has 1 aromatic carbocycles. The van der Waals surface area contributed by atoms with E-state index in [0.717, 1.165) is 11.3 Å². The van der Waals surface area contributed by atoms with Gasteiger partial charge >= 0.3 is 0 Å². The van der Waals surface area contributed by atoms with Gasteiger partial charge in [-0.25, -0.2) is 8.42 Å². The average molecular weight is 357 g/mol. The van der Waals surface area contributed by atoms with Crippen molar-refractivity contribution in [1.82, 2.24) is 10.2 Å². The Morgan fingerprint density at radius 2 is 2.09 bits per heavy atom. The Bertz CT molecular complexity index is 776. The number of para-hydroxylation sites is 1. The molecule has 2 N–H and O–H groups in total. The largest absolute Gasteiger partial charge is 0.391 e. The number of hydrogen-bond donors (Lipinski definition) is 2. The van der Waals surface area contributed by atoms with Gasteiger partial charge in [0.25, 0.3) is 0 Å². The summed E-state index contributed by atoms with van der Waals surface area (Å²) in [5, 5.41) is 21.4. The van der Waals surface area contributed by atoms with E-state index in [9.17, 15) is 13.5 Å². The number of sulfone groups is 1. The Morgan fingerprint density at radius 1 is 1.32 bits per heavy atom. The molecule has 0 saturated carbocycles. The van der Waals surface area contributed by atoms with E-state index in [4.69, 9.17) is 0 Å². The molecule has 0 unspecified atom stereocenters. The first-order valence-electron chi connectivity index (χ1n) is 6.64. The van der Waals surface area contributed by atoms with Crippen molar-refractivity contribution in [3.8, 4) is 0 Å². The lowest BCUT2D eigenvalue weighted by Crippen LogP contribution is -2.19. The molecule has 118 valence electrons. The van der Waals surface area contributed by atoms with Crippen molar-refractivity contribution in [1.29, 1.82) is 0 Å². The number of aromatic nitrogens is 2. The number of rotatable bonds is 4. The van der Waals surface area contributed by atoms with Crippen LogP contribution >= 0.6 is 23.1 Å². The van der Waals surface area contributed by atoms with Gasteiger partial charge in [-0.2, -0.15) is 0 Å². The number of anilines is 2. The van der Waals surface area contributed by atoms with Crippen LogP contribution in [0, 0.1) is 6.92 Å². The Morgan fingerprint density at radius 3 is 2.77 bits per heavy atom. The monoisotopic (exact) mass is 357 g/mol. The van der Waals surface area contributed by atoms with Gasteiger partial charge in [0, 0.05) is 5.69 Å². The van der Waals surface area contributed by atoms with E-state index in [2.05, 4.69) is 15.5 Å². The van der Waals surface area contributed by atoms with Crippen LogP contribution in [0.2, 0.25) is 0 Å². The number of hydrogen-bond acceptors (Lipinski definition) is 8. The van der Waals surface area contributed by atoms with Crippen molar-refractivity contribution in [3.05, 3.63) is 29.8 Å². The zero-order valence-electron chi connectivity index (χ0n) is 11.8. The number of aliphatic hydroxyl groups excluding tert-OH is 1. The van der Waals surface area contributed by atoms with Gasteiger partial charge in [-0.1, -0.05) is 41.3 Å². The highest BCUT2D eigenvalue weighted by atomic mass is 32.2. The van der Waals surface area contributed by atoms with Crippen LogP contribution in [0.1, 0.15) is 5.56 Å². The third-order valence-electron chi connectivity index (χ3n) is 3.32. The molecule has 0 spiro atoms. The Balaban J connectivity index is 1.68. The van der Waals surface area contributed by atoms with Crippen LogP contribution in [0.5, 0.6) is 0 Å². The van der Waals surface area contributed by atoms with Gasteiger partial charge in [0.2, 0.25) is 5.13 Å². The molecule has 9 heteroatoms. The highest BCUT2D eigenvalue weighted by molar-refractivity contribution is 8.03. The summed E-state index contributed by atoms with van der Waals surface area (Å²) in [6, 6.07) is 7.85. The number of aryl methyl sites for hydroxylation is 1.